The molecule has 0 aliphatic carbocycles. The van der Waals surface area contributed by atoms with Gasteiger partial charge in [-0.3, -0.25) is 4.79 Å². The standard InChI is InChI=1S/C14H11Cl2NO3/c1-7-4-8(2-3-12(7)18)14(20)17-11-6-9(15)5-10(16)13(11)19/h2-6,18-19H,1H3,(H,17,20). The molecule has 0 saturated heterocycles. The van der Waals surface area contributed by atoms with Gasteiger partial charge in [-0.25, -0.2) is 0 Å². The Bertz CT molecular complexity index is 686. The third kappa shape index (κ3) is 2.98. The van der Waals surface area contributed by atoms with Crippen LogP contribution in [0.25, 0.3) is 0 Å². The van der Waals surface area contributed by atoms with Crippen LogP contribution in [0.5, 0.6) is 11.5 Å². The molecule has 0 spiro atoms. The molecule has 0 atom stereocenters. The average Bonchev–Trinajstić information content (AvgIpc) is 2.38. The van der Waals surface area contributed by atoms with Crippen LogP contribution in [-0.4, -0.2) is 16.1 Å². The van der Waals surface area contributed by atoms with Crippen LogP contribution in [0.4, 0.5) is 5.69 Å². The quantitative estimate of drug-likeness (QED) is 0.735. The normalized spacial score (nSPS) is 10.3. The molecular weight excluding hydrogens is 301 g/mol. The summed E-state index contributed by atoms with van der Waals surface area (Å²) < 4.78 is 0. The molecule has 4 nitrogen and oxygen atoms in total. The van der Waals surface area contributed by atoms with E-state index in [1.807, 2.05) is 0 Å². The van der Waals surface area contributed by atoms with Crippen molar-refractivity contribution in [2.24, 2.45) is 0 Å². The topological polar surface area (TPSA) is 69.6 Å². The van der Waals surface area contributed by atoms with Crippen molar-refractivity contribution < 1.29 is 15.0 Å². The number of carbonyl (C=O) groups is 1. The van der Waals surface area contributed by atoms with Crippen molar-refractivity contribution in [3.8, 4) is 11.5 Å². The van der Waals surface area contributed by atoms with E-state index >= 15 is 0 Å². The maximum absolute atomic E-state index is 12.1. The Labute approximate surface area is 125 Å². The van der Waals surface area contributed by atoms with Gasteiger partial charge in [0, 0.05) is 10.6 Å². The fourth-order valence-electron chi connectivity index (χ4n) is 1.65. The predicted octanol–water partition coefficient (Wildman–Crippen LogP) is 3.97. The molecule has 0 saturated carbocycles. The first-order valence-electron chi connectivity index (χ1n) is 5.67. The van der Waals surface area contributed by atoms with E-state index in [0.29, 0.717) is 16.1 Å². The molecule has 2 aromatic carbocycles. The summed E-state index contributed by atoms with van der Waals surface area (Å²) >= 11 is 11.6. The lowest BCUT2D eigenvalue weighted by Gasteiger charge is -2.10. The number of anilines is 1. The third-order valence-corrected chi connectivity index (χ3v) is 3.24. The molecule has 0 fully saturated rings. The second-order valence-electron chi connectivity index (χ2n) is 4.24. The smallest absolute Gasteiger partial charge is 0.255 e. The summed E-state index contributed by atoms with van der Waals surface area (Å²) in [4.78, 5) is 12.1. The molecule has 6 heteroatoms. The lowest BCUT2D eigenvalue weighted by atomic mass is 10.1. The first-order valence-corrected chi connectivity index (χ1v) is 6.43. The molecule has 2 rings (SSSR count). The molecule has 0 aromatic heterocycles. The highest BCUT2D eigenvalue weighted by molar-refractivity contribution is 6.36. The largest absolute Gasteiger partial charge is 0.508 e. The molecule has 0 heterocycles. The predicted molar refractivity (Wildman–Crippen MR) is 78.9 cm³/mol. The molecule has 104 valence electrons. The van der Waals surface area contributed by atoms with Crippen LogP contribution < -0.4 is 5.32 Å². The number of amides is 1. The molecule has 1 amide bonds. The van der Waals surface area contributed by atoms with Gasteiger partial charge in [-0.15, -0.1) is 0 Å². The Morgan fingerprint density at radius 1 is 1.15 bits per heavy atom. The minimum absolute atomic E-state index is 0.0506. The van der Waals surface area contributed by atoms with E-state index in [-0.39, 0.29) is 22.2 Å². The van der Waals surface area contributed by atoms with Crippen LogP contribution in [0.3, 0.4) is 0 Å². The van der Waals surface area contributed by atoms with Gasteiger partial charge in [0.25, 0.3) is 5.91 Å². The van der Waals surface area contributed by atoms with Crippen molar-refractivity contribution in [2.45, 2.75) is 6.92 Å². The number of aryl methyl sites for hydroxylation is 1. The van der Waals surface area contributed by atoms with Crippen molar-refractivity contribution in [1.29, 1.82) is 0 Å². The van der Waals surface area contributed by atoms with Crippen LogP contribution >= 0.6 is 23.2 Å². The van der Waals surface area contributed by atoms with E-state index in [0.717, 1.165) is 0 Å². The summed E-state index contributed by atoms with van der Waals surface area (Å²) in [5, 5.41) is 22.1. The zero-order chi connectivity index (χ0) is 14.9. The van der Waals surface area contributed by atoms with Gasteiger partial charge < -0.3 is 15.5 Å². The van der Waals surface area contributed by atoms with Gasteiger partial charge in [0.15, 0.2) is 5.75 Å². The lowest BCUT2D eigenvalue weighted by Crippen LogP contribution is -2.12. The Balaban J connectivity index is 2.30. The first-order chi connectivity index (χ1) is 9.38. The molecular formula is C14H11Cl2NO3. The summed E-state index contributed by atoms with van der Waals surface area (Å²) in [6.07, 6.45) is 0. The zero-order valence-corrected chi connectivity index (χ0v) is 12.0. The monoisotopic (exact) mass is 311 g/mol. The van der Waals surface area contributed by atoms with Crippen LogP contribution in [0.2, 0.25) is 10.0 Å². The number of carbonyl (C=O) groups excluding carboxylic acids is 1. The van der Waals surface area contributed by atoms with Gasteiger partial charge in [-0.1, -0.05) is 23.2 Å². The van der Waals surface area contributed by atoms with E-state index in [1.54, 1.807) is 6.92 Å². The minimum atomic E-state index is -0.443. The SMILES string of the molecule is Cc1cc(C(=O)Nc2cc(Cl)cc(Cl)c2O)ccc1O. The maximum Gasteiger partial charge on any atom is 0.255 e. The summed E-state index contributed by atoms with van der Waals surface area (Å²) in [6.45, 7) is 1.68. The number of benzene rings is 2. The molecule has 20 heavy (non-hydrogen) atoms. The third-order valence-electron chi connectivity index (χ3n) is 2.74. The Morgan fingerprint density at radius 2 is 1.85 bits per heavy atom. The lowest BCUT2D eigenvalue weighted by molar-refractivity contribution is 0.102. The number of phenolic OH excluding ortho intramolecular Hbond substituents is 2. The average molecular weight is 312 g/mol. The molecule has 0 bridgehead atoms. The van der Waals surface area contributed by atoms with Crippen molar-refractivity contribution in [1.82, 2.24) is 0 Å². The van der Waals surface area contributed by atoms with Gasteiger partial charge in [0.1, 0.15) is 5.75 Å². The molecule has 3 N–H and O–H groups in total. The zero-order valence-electron chi connectivity index (χ0n) is 10.4. The van der Waals surface area contributed by atoms with Gasteiger partial charge in [-0.05, 0) is 42.8 Å². The minimum Gasteiger partial charge on any atom is -0.508 e. The van der Waals surface area contributed by atoms with E-state index in [9.17, 15) is 15.0 Å². The highest BCUT2D eigenvalue weighted by Crippen LogP contribution is 2.35. The number of rotatable bonds is 2. The second-order valence-corrected chi connectivity index (χ2v) is 5.08. The van der Waals surface area contributed by atoms with E-state index in [2.05, 4.69) is 5.32 Å². The van der Waals surface area contributed by atoms with Gasteiger partial charge in [-0.2, -0.15) is 0 Å². The van der Waals surface area contributed by atoms with Gasteiger partial charge in [0.05, 0.1) is 10.7 Å². The van der Waals surface area contributed by atoms with Crippen molar-refractivity contribution in [2.75, 3.05) is 5.32 Å². The maximum atomic E-state index is 12.1. The number of aromatic hydroxyl groups is 2. The highest BCUT2D eigenvalue weighted by atomic mass is 35.5. The summed E-state index contributed by atoms with van der Waals surface area (Å²) in [5.41, 5.74) is 1.04. The molecule has 2 aromatic rings. The number of hydrogen-bond donors (Lipinski definition) is 3. The Morgan fingerprint density at radius 3 is 2.50 bits per heavy atom. The van der Waals surface area contributed by atoms with Crippen molar-refractivity contribution in [3.05, 3.63) is 51.5 Å². The van der Waals surface area contributed by atoms with Crippen molar-refractivity contribution >= 4 is 34.8 Å². The Hall–Kier alpha value is -1.91. The first kappa shape index (κ1) is 14.5. The number of hydrogen-bond acceptors (Lipinski definition) is 3. The fourth-order valence-corrected chi connectivity index (χ4v) is 2.15. The van der Waals surface area contributed by atoms with E-state index in [4.69, 9.17) is 23.2 Å². The van der Waals surface area contributed by atoms with Crippen molar-refractivity contribution in [3.63, 3.8) is 0 Å². The van der Waals surface area contributed by atoms with Gasteiger partial charge >= 0.3 is 0 Å². The van der Waals surface area contributed by atoms with E-state index < -0.39 is 5.91 Å². The van der Waals surface area contributed by atoms with Crippen LogP contribution in [0, 0.1) is 6.92 Å². The molecule has 0 aliphatic rings. The molecule has 0 unspecified atom stereocenters. The molecule has 0 aliphatic heterocycles. The second kappa shape index (κ2) is 5.61. The highest BCUT2D eigenvalue weighted by Gasteiger charge is 2.13. The van der Waals surface area contributed by atoms with E-state index in [1.165, 1.54) is 30.3 Å². The molecule has 0 radical (unpaired) electrons. The van der Waals surface area contributed by atoms with Crippen LogP contribution in [0.1, 0.15) is 15.9 Å². The number of halogens is 2. The van der Waals surface area contributed by atoms with Crippen LogP contribution in [-0.2, 0) is 0 Å². The fraction of sp³-hybridized carbons (Fsp3) is 0.0714. The summed E-state index contributed by atoms with van der Waals surface area (Å²) in [7, 11) is 0. The summed E-state index contributed by atoms with van der Waals surface area (Å²) in [6, 6.07) is 7.20. The van der Waals surface area contributed by atoms with Gasteiger partial charge in [0.2, 0.25) is 0 Å². The summed E-state index contributed by atoms with van der Waals surface area (Å²) in [5.74, 6) is -0.586. The number of phenols is 2. The Kier molecular flexibility index (Phi) is 4.06. The van der Waals surface area contributed by atoms with Crippen LogP contribution in [0.15, 0.2) is 30.3 Å². The number of nitrogens with one attached hydrogen (secondary N) is 1.